The van der Waals surface area contributed by atoms with Crippen LogP contribution in [0.25, 0.3) is 17.2 Å². The monoisotopic (exact) mass is 406 g/mol. The van der Waals surface area contributed by atoms with E-state index in [0.717, 1.165) is 0 Å². The molecule has 146 valence electrons. The number of hydrogen-bond donors (Lipinski definition) is 2. The van der Waals surface area contributed by atoms with E-state index in [0.29, 0.717) is 27.8 Å². The second kappa shape index (κ2) is 8.50. The van der Waals surface area contributed by atoms with Gasteiger partial charge in [0.1, 0.15) is 23.1 Å². The minimum atomic E-state index is -2.74. The standard InChI is InChI=1S/C22H18N2O4S/c1-12-5-16(6-13(2)21(12)25)8-17(9-23)20-15(4)22(26)14(3)7-19(20)18(10-24)11-29(27)28/h5-8,25-26H,1-4H3. The quantitative estimate of drug-likeness (QED) is 0.456. The number of aromatic hydroxyl groups is 2. The van der Waals surface area contributed by atoms with Gasteiger partial charge in [-0.1, -0.05) is 0 Å². The topological polar surface area (TPSA) is 122 Å². The molecule has 0 bridgehead atoms. The van der Waals surface area contributed by atoms with E-state index in [1.54, 1.807) is 52.0 Å². The van der Waals surface area contributed by atoms with Crippen molar-refractivity contribution in [3.05, 3.63) is 57.1 Å². The molecular formula is C22H18N2O4S. The molecule has 2 aromatic carbocycles. The number of allylic oxidation sites excluding steroid dienone is 2. The third-order valence-electron chi connectivity index (χ3n) is 4.51. The number of nitrogens with zero attached hydrogens (tertiary/aromatic N) is 2. The second-order valence-corrected chi connectivity index (χ2v) is 7.26. The van der Waals surface area contributed by atoms with Crippen molar-refractivity contribution >= 4 is 32.5 Å². The normalized spacial score (nSPS) is 10.6. The molecule has 0 spiro atoms. The van der Waals surface area contributed by atoms with E-state index >= 15 is 0 Å². The van der Waals surface area contributed by atoms with Gasteiger partial charge < -0.3 is 10.2 Å². The molecule has 0 fully saturated rings. The lowest BCUT2D eigenvalue weighted by Gasteiger charge is -2.15. The SMILES string of the molecule is Cc1cc(C=C(C#N)c2c(C(=C=S(=O)=O)C#N)cc(C)c(O)c2C)cc(C)c1O. The lowest BCUT2D eigenvalue weighted by molar-refractivity contribution is 0.466. The molecule has 29 heavy (non-hydrogen) atoms. The molecular weight excluding hydrogens is 388 g/mol. The summed E-state index contributed by atoms with van der Waals surface area (Å²) in [6.07, 6.45) is 1.56. The number of nitriles is 2. The Kier molecular flexibility index (Phi) is 6.31. The van der Waals surface area contributed by atoms with Gasteiger partial charge in [-0.3, -0.25) is 0 Å². The van der Waals surface area contributed by atoms with Gasteiger partial charge in [-0.2, -0.15) is 18.9 Å². The molecule has 0 aromatic heterocycles. The lowest BCUT2D eigenvalue weighted by atomic mass is 9.88. The van der Waals surface area contributed by atoms with Crippen LogP contribution in [0.3, 0.4) is 0 Å². The van der Waals surface area contributed by atoms with E-state index in [1.165, 1.54) is 6.07 Å². The van der Waals surface area contributed by atoms with Gasteiger partial charge in [-0.25, -0.2) is 0 Å². The van der Waals surface area contributed by atoms with Crippen LogP contribution >= 0.6 is 0 Å². The van der Waals surface area contributed by atoms with Crippen LogP contribution in [0, 0.1) is 50.4 Å². The van der Waals surface area contributed by atoms with Gasteiger partial charge in [0.25, 0.3) is 10.3 Å². The van der Waals surface area contributed by atoms with Crippen LogP contribution in [0.15, 0.2) is 18.2 Å². The predicted molar refractivity (Wildman–Crippen MR) is 112 cm³/mol. The zero-order valence-electron chi connectivity index (χ0n) is 16.3. The van der Waals surface area contributed by atoms with E-state index in [-0.39, 0.29) is 33.8 Å². The van der Waals surface area contributed by atoms with Gasteiger partial charge in [-0.05, 0) is 74.2 Å². The molecule has 0 atom stereocenters. The molecule has 0 heterocycles. The molecule has 0 radical (unpaired) electrons. The Morgan fingerprint density at radius 2 is 1.48 bits per heavy atom. The van der Waals surface area contributed by atoms with Crippen LogP contribution in [0.4, 0.5) is 0 Å². The Morgan fingerprint density at radius 3 is 1.97 bits per heavy atom. The summed E-state index contributed by atoms with van der Waals surface area (Å²) in [6, 6.07) is 8.70. The first-order valence-corrected chi connectivity index (χ1v) is 9.57. The fourth-order valence-electron chi connectivity index (χ4n) is 3.14. The van der Waals surface area contributed by atoms with Crippen LogP contribution in [0.2, 0.25) is 0 Å². The van der Waals surface area contributed by atoms with Gasteiger partial charge in [0, 0.05) is 21.7 Å². The lowest BCUT2D eigenvalue weighted by Crippen LogP contribution is -1.99. The van der Waals surface area contributed by atoms with Crippen molar-refractivity contribution < 1.29 is 18.6 Å². The van der Waals surface area contributed by atoms with Gasteiger partial charge in [-0.15, -0.1) is 0 Å². The molecule has 0 saturated carbocycles. The molecule has 0 amide bonds. The fraction of sp³-hybridized carbons (Fsp3) is 0.182. The van der Waals surface area contributed by atoms with E-state index in [4.69, 9.17) is 0 Å². The number of hydrogen-bond acceptors (Lipinski definition) is 6. The Hall–Kier alpha value is -3.77. The van der Waals surface area contributed by atoms with Crippen LogP contribution in [0.5, 0.6) is 11.5 Å². The minimum absolute atomic E-state index is 0.0523. The summed E-state index contributed by atoms with van der Waals surface area (Å²) in [7, 11) is -2.74. The minimum Gasteiger partial charge on any atom is -0.507 e. The highest BCUT2D eigenvalue weighted by atomic mass is 32.2. The average Bonchev–Trinajstić information content (AvgIpc) is 2.66. The highest BCUT2D eigenvalue weighted by molar-refractivity contribution is 7.71. The van der Waals surface area contributed by atoms with E-state index in [1.807, 2.05) is 5.02 Å². The first-order valence-electron chi connectivity index (χ1n) is 8.49. The summed E-state index contributed by atoms with van der Waals surface area (Å²) in [6.45, 7) is 6.66. The summed E-state index contributed by atoms with van der Waals surface area (Å²) in [5, 5.41) is 41.6. The van der Waals surface area contributed by atoms with Crippen LogP contribution in [-0.2, 0) is 10.3 Å². The number of phenolic OH excluding ortho intramolecular Hbond substituents is 2. The molecule has 0 unspecified atom stereocenters. The second-order valence-electron chi connectivity index (χ2n) is 6.59. The number of benzene rings is 2. The smallest absolute Gasteiger partial charge is 0.261 e. The van der Waals surface area contributed by atoms with Crippen molar-refractivity contribution in [1.29, 1.82) is 10.5 Å². The number of phenols is 2. The van der Waals surface area contributed by atoms with Crippen molar-refractivity contribution in [3.63, 3.8) is 0 Å². The average molecular weight is 406 g/mol. The summed E-state index contributed by atoms with van der Waals surface area (Å²) >= 11 is 0. The zero-order valence-corrected chi connectivity index (χ0v) is 17.1. The van der Waals surface area contributed by atoms with Gasteiger partial charge >= 0.3 is 0 Å². The van der Waals surface area contributed by atoms with E-state index in [9.17, 15) is 29.2 Å². The summed E-state index contributed by atoms with van der Waals surface area (Å²) in [5.41, 5.74) is 2.96. The molecule has 0 saturated heterocycles. The number of aryl methyl sites for hydroxylation is 3. The van der Waals surface area contributed by atoms with Crippen molar-refractivity contribution in [3.8, 4) is 23.6 Å². The molecule has 6 nitrogen and oxygen atoms in total. The summed E-state index contributed by atoms with van der Waals surface area (Å²) in [4.78, 5) is 0. The maximum absolute atomic E-state index is 11.1. The van der Waals surface area contributed by atoms with Crippen LogP contribution in [0.1, 0.15) is 38.9 Å². The fourth-order valence-corrected chi connectivity index (χ4v) is 3.46. The summed E-state index contributed by atoms with van der Waals surface area (Å²) in [5.74, 6) is 0.108. The van der Waals surface area contributed by atoms with Crippen molar-refractivity contribution in [2.45, 2.75) is 27.7 Å². The highest BCUT2D eigenvalue weighted by Gasteiger charge is 2.19. The summed E-state index contributed by atoms with van der Waals surface area (Å²) < 4.78 is 22.2. The Bertz CT molecular complexity index is 1280. The van der Waals surface area contributed by atoms with Gasteiger partial charge in [0.05, 0.1) is 11.6 Å². The van der Waals surface area contributed by atoms with Gasteiger partial charge in [0.15, 0.2) is 0 Å². The Morgan fingerprint density at radius 1 is 0.931 bits per heavy atom. The molecule has 0 aliphatic rings. The van der Waals surface area contributed by atoms with Crippen molar-refractivity contribution in [2.75, 3.05) is 0 Å². The third kappa shape index (κ3) is 4.39. The molecule has 2 rings (SSSR count). The van der Waals surface area contributed by atoms with Crippen LogP contribution in [-0.4, -0.2) is 23.7 Å². The maximum Gasteiger partial charge on any atom is 0.261 e. The van der Waals surface area contributed by atoms with Crippen molar-refractivity contribution in [1.82, 2.24) is 0 Å². The largest absolute Gasteiger partial charge is 0.507 e. The Labute approximate surface area is 170 Å². The predicted octanol–water partition coefficient (Wildman–Crippen LogP) is 3.58. The highest BCUT2D eigenvalue weighted by Crippen LogP contribution is 2.36. The Balaban J connectivity index is 2.95. The number of rotatable bonds is 3. The molecule has 7 heteroatoms. The van der Waals surface area contributed by atoms with E-state index < -0.39 is 10.3 Å². The van der Waals surface area contributed by atoms with Crippen molar-refractivity contribution in [2.24, 2.45) is 0 Å². The molecule has 0 aliphatic heterocycles. The maximum atomic E-state index is 11.1. The van der Waals surface area contributed by atoms with Gasteiger partial charge in [0.2, 0.25) is 0 Å². The zero-order chi connectivity index (χ0) is 21.9. The molecule has 2 N–H and O–H groups in total. The van der Waals surface area contributed by atoms with Crippen LogP contribution < -0.4 is 0 Å². The third-order valence-corrected chi connectivity index (χ3v) is 4.89. The molecule has 0 aliphatic carbocycles. The first-order chi connectivity index (χ1) is 13.6. The first kappa shape index (κ1) is 21.5. The molecule has 2 aromatic rings. The van der Waals surface area contributed by atoms with E-state index in [2.05, 4.69) is 6.07 Å².